The van der Waals surface area contributed by atoms with Crippen molar-refractivity contribution in [3.63, 3.8) is 0 Å². The van der Waals surface area contributed by atoms with Crippen LogP contribution in [0.15, 0.2) is 79.3 Å². The molecule has 0 radical (unpaired) electrons. The zero-order chi connectivity index (χ0) is 20.8. The molecule has 30 heavy (non-hydrogen) atoms. The molecule has 6 nitrogen and oxygen atoms in total. The summed E-state index contributed by atoms with van der Waals surface area (Å²) in [6.45, 7) is 1.89. The Morgan fingerprint density at radius 3 is 2.43 bits per heavy atom. The van der Waals surface area contributed by atoms with E-state index in [0.717, 1.165) is 27.9 Å². The van der Waals surface area contributed by atoms with Gasteiger partial charge in [-0.15, -0.1) is 5.10 Å². The third-order valence-electron chi connectivity index (χ3n) is 4.33. The van der Waals surface area contributed by atoms with E-state index in [1.165, 1.54) is 6.20 Å². The highest BCUT2D eigenvalue weighted by Gasteiger charge is 2.11. The van der Waals surface area contributed by atoms with E-state index >= 15 is 0 Å². The van der Waals surface area contributed by atoms with Crippen molar-refractivity contribution < 1.29 is 4.79 Å². The number of carbonyl (C=O) groups is 1. The number of carbonyl (C=O) groups excluding carboxylic acids is 1. The van der Waals surface area contributed by atoms with Crippen LogP contribution in [0.25, 0.3) is 11.3 Å². The summed E-state index contributed by atoms with van der Waals surface area (Å²) < 4.78 is 0. The van der Waals surface area contributed by atoms with Gasteiger partial charge in [0.1, 0.15) is 5.82 Å². The van der Waals surface area contributed by atoms with E-state index in [2.05, 4.69) is 37.3 Å². The fourth-order valence-corrected chi connectivity index (χ4v) is 2.72. The van der Waals surface area contributed by atoms with Crippen LogP contribution in [0.2, 0.25) is 0 Å². The Morgan fingerprint density at radius 1 is 0.900 bits per heavy atom. The molecular formula is C24H17N5O. The molecule has 1 amide bonds. The Bertz CT molecular complexity index is 1230. The van der Waals surface area contributed by atoms with E-state index in [1.807, 2.05) is 55.5 Å². The summed E-state index contributed by atoms with van der Waals surface area (Å²) in [6.07, 6.45) is 4.97. The summed E-state index contributed by atoms with van der Waals surface area (Å²) in [5.41, 5.74) is 4.53. The van der Waals surface area contributed by atoms with E-state index in [4.69, 9.17) is 0 Å². The molecule has 0 atom stereocenters. The molecule has 6 heteroatoms. The van der Waals surface area contributed by atoms with Crippen LogP contribution in [-0.4, -0.2) is 26.1 Å². The first-order valence-electron chi connectivity index (χ1n) is 9.28. The molecule has 3 heterocycles. The topological polar surface area (TPSA) is 80.7 Å². The molecule has 0 unspecified atom stereocenters. The fourth-order valence-electron chi connectivity index (χ4n) is 2.72. The highest BCUT2D eigenvalue weighted by molar-refractivity contribution is 6.02. The smallest absolute Gasteiger partial charge is 0.277 e. The van der Waals surface area contributed by atoms with Crippen LogP contribution in [-0.2, 0) is 0 Å². The molecule has 0 aliphatic carbocycles. The van der Waals surface area contributed by atoms with E-state index < -0.39 is 0 Å². The lowest BCUT2D eigenvalue weighted by Gasteiger charge is -2.09. The van der Waals surface area contributed by atoms with Crippen LogP contribution in [0, 0.1) is 18.8 Å². The maximum Gasteiger partial charge on any atom is 0.277 e. The van der Waals surface area contributed by atoms with Gasteiger partial charge in [0.05, 0.1) is 5.69 Å². The number of aryl methyl sites for hydroxylation is 1. The van der Waals surface area contributed by atoms with Gasteiger partial charge in [0.25, 0.3) is 5.91 Å². The second kappa shape index (κ2) is 8.76. The Morgan fingerprint density at radius 2 is 1.70 bits per heavy atom. The van der Waals surface area contributed by atoms with Gasteiger partial charge in [-0.25, -0.2) is 4.98 Å². The summed E-state index contributed by atoms with van der Waals surface area (Å²) >= 11 is 0. The minimum Gasteiger partial charge on any atom is -0.305 e. The van der Waals surface area contributed by atoms with Gasteiger partial charge in [-0.1, -0.05) is 30.0 Å². The van der Waals surface area contributed by atoms with Crippen molar-refractivity contribution in [3.05, 3.63) is 102 Å². The van der Waals surface area contributed by atoms with E-state index in [0.29, 0.717) is 5.82 Å². The van der Waals surface area contributed by atoms with Crippen LogP contribution in [0.4, 0.5) is 5.82 Å². The molecule has 0 aliphatic heterocycles. The van der Waals surface area contributed by atoms with Crippen LogP contribution in [0.3, 0.4) is 0 Å². The lowest BCUT2D eigenvalue weighted by atomic mass is 10.1. The van der Waals surface area contributed by atoms with Gasteiger partial charge in [0.2, 0.25) is 0 Å². The summed E-state index contributed by atoms with van der Waals surface area (Å²) in [7, 11) is 0. The molecule has 1 N–H and O–H groups in total. The molecule has 4 aromatic rings. The Labute approximate surface area is 174 Å². The first-order chi connectivity index (χ1) is 14.7. The molecule has 0 bridgehead atoms. The van der Waals surface area contributed by atoms with Gasteiger partial charge in [-0.2, -0.15) is 5.10 Å². The molecular weight excluding hydrogens is 374 g/mol. The third kappa shape index (κ3) is 4.54. The molecule has 0 spiro atoms. The zero-order valence-electron chi connectivity index (χ0n) is 16.2. The lowest BCUT2D eigenvalue weighted by Crippen LogP contribution is -2.16. The number of rotatable bonds is 3. The van der Waals surface area contributed by atoms with Crippen LogP contribution in [0.1, 0.15) is 27.2 Å². The minimum absolute atomic E-state index is 0.237. The average molecular weight is 391 g/mol. The van der Waals surface area contributed by atoms with Crippen molar-refractivity contribution >= 4 is 11.7 Å². The van der Waals surface area contributed by atoms with Gasteiger partial charge >= 0.3 is 0 Å². The van der Waals surface area contributed by atoms with Crippen molar-refractivity contribution in [1.29, 1.82) is 0 Å². The molecule has 0 aliphatic rings. The lowest BCUT2D eigenvalue weighted by molar-refractivity contribution is 0.102. The van der Waals surface area contributed by atoms with Gasteiger partial charge in [-0.05, 0) is 55.0 Å². The van der Waals surface area contributed by atoms with E-state index in [-0.39, 0.29) is 11.6 Å². The summed E-state index contributed by atoms with van der Waals surface area (Å²) in [6, 6.07) is 18.7. The molecule has 0 fully saturated rings. The van der Waals surface area contributed by atoms with Crippen LogP contribution in [0.5, 0.6) is 0 Å². The normalized spacial score (nSPS) is 10.0. The first kappa shape index (κ1) is 19.0. The first-order valence-corrected chi connectivity index (χ1v) is 9.28. The number of aromatic nitrogens is 4. The van der Waals surface area contributed by atoms with E-state index in [1.54, 1.807) is 24.5 Å². The second-order valence-corrected chi connectivity index (χ2v) is 6.49. The monoisotopic (exact) mass is 391 g/mol. The predicted molar refractivity (Wildman–Crippen MR) is 115 cm³/mol. The largest absolute Gasteiger partial charge is 0.305 e. The number of benzene rings is 1. The molecule has 0 saturated carbocycles. The maximum atomic E-state index is 12.4. The van der Waals surface area contributed by atoms with Gasteiger partial charge in [0.15, 0.2) is 5.69 Å². The molecule has 1 aromatic carbocycles. The Balaban J connectivity index is 1.54. The number of nitrogens with one attached hydrogen (secondary N) is 1. The van der Waals surface area contributed by atoms with Gasteiger partial charge in [0, 0.05) is 35.3 Å². The minimum atomic E-state index is -0.350. The van der Waals surface area contributed by atoms with Gasteiger partial charge in [-0.3, -0.25) is 9.78 Å². The second-order valence-electron chi connectivity index (χ2n) is 6.49. The van der Waals surface area contributed by atoms with Crippen LogP contribution >= 0.6 is 0 Å². The van der Waals surface area contributed by atoms with Crippen molar-refractivity contribution in [2.45, 2.75) is 6.92 Å². The predicted octanol–water partition coefficient (Wildman–Crippen LogP) is 3.89. The number of hydrogen-bond donors (Lipinski definition) is 1. The van der Waals surface area contributed by atoms with Gasteiger partial charge < -0.3 is 5.32 Å². The number of anilines is 1. The van der Waals surface area contributed by atoms with Crippen molar-refractivity contribution in [2.75, 3.05) is 5.32 Å². The maximum absolute atomic E-state index is 12.4. The van der Waals surface area contributed by atoms with E-state index in [9.17, 15) is 4.79 Å². The van der Waals surface area contributed by atoms with Crippen molar-refractivity contribution in [2.24, 2.45) is 0 Å². The highest BCUT2D eigenvalue weighted by Crippen LogP contribution is 2.22. The zero-order valence-corrected chi connectivity index (χ0v) is 16.2. The van der Waals surface area contributed by atoms with Crippen molar-refractivity contribution in [3.8, 4) is 23.1 Å². The fraction of sp³-hybridized carbons (Fsp3) is 0.0417. The molecule has 144 valence electrons. The molecule has 4 rings (SSSR count). The van der Waals surface area contributed by atoms with Crippen LogP contribution < -0.4 is 5.32 Å². The molecule has 3 aromatic heterocycles. The third-order valence-corrected chi connectivity index (χ3v) is 4.33. The standard InChI is InChI=1S/C24H17N5O/c1-17-6-13-21(27-23(17)28-24(30)22-5-3-15-26-29-22)20-11-9-18(10-12-20)7-8-19-4-2-14-25-16-19/h2-6,9-16H,1H3,(H,27,28,30). The highest BCUT2D eigenvalue weighted by atomic mass is 16.2. The number of amides is 1. The Hall–Kier alpha value is -4.37. The number of hydrogen-bond acceptors (Lipinski definition) is 5. The SMILES string of the molecule is Cc1ccc(-c2ccc(C#Cc3cccnc3)cc2)nc1NC(=O)c1cccnn1. The number of nitrogens with zero attached hydrogens (tertiary/aromatic N) is 4. The quantitative estimate of drug-likeness (QED) is 0.536. The van der Waals surface area contributed by atoms with Crippen molar-refractivity contribution in [1.82, 2.24) is 20.2 Å². The molecule has 0 saturated heterocycles. The summed E-state index contributed by atoms with van der Waals surface area (Å²) in [5.74, 6) is 6.35. The number of pyridine rings is 2. The summed E-state index contributed by atoms with van der Waals surface area (Å²) in [5, 5.41) is 10.4. The summed E-state index contributed by atoms with van der Waals surface area (Å²) in [4.78, 5) is 21.0. The Kier molecular flexibility index (Phi) is 5.54. The average Bonchev–Trinajstić information content (AvgIpc) is 2.81.